The van der Waals surface area contributed by atoms with Crippen LogP contribution in [0.15, 0.2) is 0 Å². The summed E-state index contributed by atoms with van der Waals surface area (Å²) < 4.78 is 0. The zero-order valence-corrected chi connectivity index (χ0v) is 7.36. The number of carboxylic acids is 1. The zero-order valence-electron chi connectivity index (χ0n) is 6.54. The number of halogens is 1. The van der Waals surface area contributed by atoms with Crippen LogP contribution in [0.5, 0.6) is 0 Å². The van der Waals surface area contributed by atoms with Crippen molar-refractivity contribution in [1.29, 1.82) is 0 Å². The van der Waals surface area contributed by atoms with Crippen LogP contribution in [0.25, 0.3) is 0 Å². The maximum absolute atomic E-state index is 10.5. The van der Waals surface area contributed by atoms with E-state index in [1.165, 1.54) is 0 Å². The molecule has 1 fully saturated rings. The molecular weight excluding hydrogens is 166 g/mol. The Bertz CT molecular complexity index is 159. The van der Waals surface area contributed by atoms with Gasteiger partial charge in [0.05, 0.1) is 5.92 Å². The first kappa shape index (κ1) is 10.7. The molecule has 1 aliphatic carbocycles. The molecule has 1 aliphatic rings. The largest absolute Gasteiger partial charge is 0.481 e. The second-order valence-electron chi connectivity index (χ2n) is 3.29. The van der Waals surface area contributed by atoms with Crippen molar-refractivity contribution in [2.24, 2.45) is 11.7 Å². The third-order valence-corrected chi connectivity index (χ3v) is 2.30. The van der Waals surface area contributed by atoms with Gasteiger partial charge >= 0.3 is 5.97 Å². The fourth-order valence-corrected chi connectivity index (χ4v) is 1.60. The molecule has 0 amide bonds. The number of carbonyl (C=O) groups is 1. The number of hydrogen-bond donors (Lipinski definition) is 2. The first-order chi connectivity index (χ1) is 4.54. The van der Waals surface area contributed by atoms with Gasteiger partial charge in [0.15, 0.2) is 0 Å². The SMILES string of the molecule is C[C@@]1(N)CCC[C@H]1C(=O)O.Cl. The first-order valence-corrected chi connectivity index (χ1v) is 3.56. The lowest BCUT2D eigenvalue weighted by Gasteiger charge is -2.22. The van der Waals surface area contributed by atoms with Crippen LogP contribution in [-0.4, -0.2) is 16.6 Å². The molecule has 3 nitrogen and oxygen atoms in total. The average molecular weight is 180 g/mol. The van der Waals surface area contributed by atoms with E-state index in [0.29, 0.717) is 0 Å². The summed E-state index contributed by atoms with van der Waals surface area (Å²) in [6.45, 7) is 1.82. The zero-order chi connectivity index (χ0) is 7.78. The van der Waals surface area contributed by atoms with E-state index in [1.54, 1.807) is 0 Å². The normalized spacial score (nSPS) is 36.4. The molecule has 0 radical (unpaired) electrons. The number of nitrogens with two attached hydrogens (primary N) is 1. The van der Waals surface area contributed by atoms with Crippen LogP contribution >= 0.6 is 12.4 Å². The van der Waals surface area contributed by atoms with Gasteiger partial charge in [0.2, 0.25) is 0 Å². The van der Waals surface area contributed by atoms with E-state index >= 15 is 0 Å². The molecule has 2 atom stereocenters. The maximum Gasteiger partial charge on any atom is 0.308 e. The van der Waals surface area contributed by atoms with Crippen LogP contribution in [0.2, 0.25) is 0 Å². The predicted molar refractivity (Wildman–Crippen MR) is 44.8 cm³/mol. The molecule has 0 heterocycles. The van der Waals surface area contributed by atoms with E-state index in [-0.39, 0.29) is 18.3 Å². The van der Waals surface area contributed by atoms with Gasteiger partial charge in [0.25, 0.3) is 0 Å². The summed E-state index contributed by atoms with van der Waals surface area (Å²) in [5.41, 5.74) is 5.28. The van der Waals surface area contributed by atoms with Crippen molar-refractivity contribution in [2.45, 2.75) is 31.7 Å². The summed E-state index contributed by atoms with van der Waals surface area (Å²) >= 11 is 0. The molecule has 0 bridgehead atoms. The fraction of sp³-hybridized carbons (Fsp3) is 0.857. The lowest BCUT2D eigenvalue weighted by Crippen LogP contribution is -2.43. The molecule has 1 rings (SSSR count). The molecule has 11 heavy (non-hydrogen) atoms. The standard InChI is InChI=1S/C7H13NO2.ClH/c1-7(8)4-2-3-5(7)6(9)10;/h5H,2-4,8H2,1H3,(H,9,10);1H/t5-,7+;/m0./s1. The van der Waals surface area contributed by atoms with Gasteiger partial charge in [-0.2, -0.15) is 0 Å². The predicted octanol–water partition coefficient (Wildman–Crippen LogP) is 1.01. The highest BCUT2D eigenvalue weighted by Gasteiger charge is 2.39. The molecule has 0 aromatic heterocycles. The fourth-order valence-electron chi connectivity index (χ4n) is 1.60. The second kappa shape index (κ2) is 3.41. The molecular formula is C7H14ClNO2. The van der Waals surface area contributed by atoms with Crippen molar-refractivity contribution < 1.29 is 9.90 Å². The lowest BCUT2D eigenvalue weighted by molar-refractivity contribution is -0.143. The van der Waals surface area contributed by atoms with Gasteiger partial charge in [-0.25, -0.2) is 0 Å². The molecule has 66 valence electrons. The molecule has 0 spiro atoms. The average Bonchev–Trinajstić information content (AvgIpc) is 2.08. The highest BCUT2D eigenvalue weighted by molar-refractivity contribution is 5.85. The van der Waals surface area contributed by atoms with Crippen molar-refractivity contribution >= 4 is 18.4 Å². The molecule has 3 N–H and O–H groups in total. The van der Waals surface area contributed by atoms with Crippen molar-refractivity contribution in [3.05, 3.63) is 0 Å². The van der Waals surface area contributed by atoms with E-state index in [0.717, 1.165) is 19.3 Å². The molecule has 1 saturated carbocycles. The van der Waals surface area contributed by atoms with E-state index in [2.05, 4.69) is 0 Å². The lowest BCUT2D eigenvalue weighted by atomic mass is 9.90. The first-order valence-electron chi connectivity index (χ1n) is 3.56. The van der Waals surface area contributed by atoms with Gasteiger partial charge in [-0.1, -0.05) is 6.42 Å². The number of aliphatic carboxylic acids is 1. The Morgan fingerprint density at radius 1 is 1.73 bits per heavy atom. The summed E-state index contributed by atoms with van der Waals surface area (Å²) in [5, 5.41) is 8.67. The minimum atomic E-state index is -0.748. The van der Waals surface area contributed by atoms with Crippen molar-refractivity contribution in [1.82, 2.24) is 0 Å². The van der Waals surface area contributed by atoms with Crippen molar-refractivity contribution in [3.63, 3.8) is 0 Å². The van der Waals surface area contributed by atoms with E-state index < -0.39 is 11.5 Å². The Morgan fingerprint density at radius 2 is 2.27 bits per heavy atom. The smallest absolute Gasteiger partial charge is 0.308 e. The molecule has 0 unspecified atom stereocenters. The maximum atomic E-state index is 10.5. The minimum absolute atomic E-state index is 0. The van der Waals surface area contributed by atoms with Crippen LogP contribution in [0, 0.1) is 5.92 Å². The number of carboxylic acid groups (broad SMARTS) is 1. The minimum Gasteiger partial charge on any atom is -0.481 e. The summed E-state index contributed by atoms with van der Waals surface area (Å²) in [6.07, 6.45) is 2.52. The molecule has 0 aliphatic heterocycles. The van der Waals surface area contributed by atoms with Gasteiger partial charge in [0.1, 0.15) is 0 Å². The Morgan fingerprint density at radius 3 is 2.45 bits per heavy atom. The van der Waals surface area contributed by atoms with Gasteiger partial charge in [0, 0.05) is 5.54 Å². The van der Waals surface area contributed by atoms with E-state index in [9.17, 15) is 4.79 Å². The Labute approximate surface area is 72.4 Å². The number of hydrogen-bond acceptors (Lipinski definition) is 2. The van der Waals surface area contributed by atoms with Crippen LogP contribution in [0.3, 0.4) is 0 Å². The molecule has 4 heteroatoms. The Kier molecular flexibility index (Phi) is 3.32. The Hall–Kier alpha value is -0.280. The van der Waals surface area contributed by atoms with Crippen LogP contribution in [0.1, 0.15) is 26.2 Å². The van der Waals surface area contributed by atoms with Crippen molar-refractivity contribution in [2.75, 3.05) is 0 Å². The molecule has 0 saturated heterocycles. The second-order valence-corrected chi connectivity index (χ2v) is 3.29. The van der Waals surface area contributed by atoms with Crippen LogP contribution in [-0.2, 0) is 4.79 Å². The topological polar surface area (TPSA) is 63.3 Å². The molecule has 0 aromatic rings. The van der Waals surface area contributed by atoms with Gasteiger partial charge < -0.3 is 10.8 Å². The number of rotatable bonds is 1. The third-order valence-electron chi connectivity index (χ3n) is 2.30. The quantitative estimate of drug-likeness (QED) is 0.632. The van der Waals surface area contributed by atoms with Crippen LogP contribution < -0.4 is 5.73 Å². The van der Waals surface area contributed by atoms with E-state index in [1.807, 2.05) is 6.92 Å². The summed E-state index contributed by atoms with van der Waals surface area (Å²) in [4.78, 5) is 10.5. The highest BCUT2D eigenvalue weighted by atomic mass is 35.5. The van der Waals surface area contributed by atoms with Crippen molar-refractivity contribution in [3.8, 4) is 0 Å². The third kappa shape index (κ3) is 2.07. The van der Waals surface area contributed by atoms with Gasteiger partial charge in [-0.05, 0) is 19.8 Å². The summed E-state index contributed by atoms with van der Waals surface area (Å²) in [6, 6.07) is 0. The molecule has 0 aromatic carbocycles. The highest BCUT2D eigenvalue weighted by Crippen LogP contribution is 2.33. The summed E-state index contributed by atoms with van der Waals surface area (Å²) in [5.74, 6) is -1.07. The Balaban J connectivity index is 0.000001000. The van der Waals surface area contributed by atoms with Gasteiger partial charge in [-0.3, -0.25) is 4.79 Å². The van der Waals surface area contributed by atoms with Gasteiger partial charge in [-0.15, -0.1) is 12.4 Å². The van der Waals surface area contributed by atoms with E-state index in [4.69, 9.17) is 10.8 Å². The summed E-state index contributed by atoms with van der Waals surface area (Å²) in [7, 11) is 0. The monoisotopic (exact) mass is 179 g/mol. The van der Waals surface area contributed by atoms with Crippen LogP contribution in [0.4, 0.5) is 0 Å².